The van der Waals surface area contributed by atoms with E-state index in [1.807, 2.05) is 45.0 Å². The Morgan fingerprint density at radius 1 is 0.939 bits per heavy atom. The summed E-state index contributed by atoms with van der Waals surface area (Å²) in [6, 6.07) is 16.1. The molecule has 0 N–H and O–H groups in total. The molecular weight excluding hydrogens is 414 g/mol. The highest BCUT2D eigenvalue weighted by atomic mass is 16.6. The zero-order valence-electron chi connectivity index (χ0n) is 19.8. The molecule has 0 bridgehead atoms. The molecule has 2 aliphatic carbocycles. The SMILES string of the molecule is CC(C)(C)OC(=O)C1CC2CCCCC2N1C(=O)OCC1c2ccccc2-c2ccccc21. The molecule has 2 aromatic carbocycles. The van der Waals surface area contributed by atoms with E-state index in [0.29, 0.717) is 12.3 Å². The first-order valence-electron chi connectivity index (χ1n) is 12.2. The fourth-order valence-corrected chi connectivity index (χ4v) is 5.97. The monoisotopic (exact) mass is 447 g/mol. The molecule has 2 aromatic rings. The number of likely N-dealkylation sites (tertiary alicyclic amines) is 1. The topological polar surface area (TPSA) is 55.8 Å². The molecule has 0 radical (unpaired) electrons. The number of fused-ring (bicyclic) bond motifs is 4. The summed E-state index contributed by atoms with van der Waals surface area (Å²) in [7, 11) is 0. The molecule has 0 spiro atoms. The van der Waals surface area contributed by atoms with Crippen LogP contribution in [0.5, 0.6) is 0 Å². The van der Waals surface area contributed by atoms with Gasteiger partial charge in [0.1, 0.15) is 18.2 Å². The quantitative estimate of drug-likeness (QED) is 0.549. The van der Waals surface area contributed by atoms with Gasteiger partial charge in [0.05, 0.1) is 0 Å². The van der Waals surface area contributed by atoms with Crippen molar-refractivity contribution in [1.82, 2.24) is 4.90 Å². The van der Waals surface area contributed by atoms with Gasteiger partial charge in [-0.1, -0.05) is 61.4 Å². The van der Waals surface area contributed by atoms with E-state index in [1.54, 1.807) is 4.90 Å². The molecule has 3 unspecified atom stereocenters. The normalized spacial score (nSPS) is 24.1. The highest BCUT2D eigenvalue weighted by Crippen LogP contribution is 2.45. The van der Waals surface area contributed by atoms with E-state index in [2.05, 4.69) is 24.3 Å². The molecule has 3 aliphatic rings. The van der Waals surface area contributed by atoms with Crippen molar-refractivity contribution >= 4 is 12.1 Å². The predicted molar refractivity (Wildman–Crippen MR) is 127 cm³/mol. The third-order valence-electron chi connectivity index (χ3n) is 7.31. The Bertz CT molecular complexity index is 1010. The van der Waals surface area contributed by atoms with E-state index >= 15 is 0 Å². The highest BCUT2D eigenvalue weighted by Gasteiger charge is 2.49. The zero-order valence-corrected chi connectivity index (χ0v) is 19.8. The fourth-order valence-electron chi connectivity index (χ4n) is 5.97. The molecule has 5 nitrogen and oxygen atoms in total. The van der Waals surface area contributed by atoms with Crippen LogP contribution in [-0.2, 0) is 14.3 Å². The third kappa shape index (κ3) is 4.14. The first-order valence-corrected chi connectivity index (χ1v) is 12.2. The molecule has 3 atom stereocenters. The van der Waals surface area contributed by atoms with Crippen LogP contribution in [0.4, 0.5) is 4.79 Å². The molecule has 5 rings (SSSR count). The predicted octanol–water partition coefficient (Wildman–Crippen LogP) is 5.91. The number of hydrogen-bond acceptors (Lipinski definition) is 4. The van der Waals surface area contributed by atoms with Gasteiger partial charge in [-0.25, -0.2) is 9.59 Å². The molecule has 1 amide bonds. The van der Waals surface area contributed by atoms with Crippen molar-refractivity contribution in [1.29, 1.82) is 0 Å². The van der Waals surface area contributed by atoms with Crippen LogP contribution in [0.1, 0.15) is 69.9 Å². The van der Waals surface area contributed by atoms with Crippen LogP contribution in [0.25, 0.3) is 11.1 Å². The average molecular weight is 448 g/mol. The van der Waals surface area contributed by atoms with Gasteiger partial charge in [-0.15, -0.1) is 0 Å². The maximum atomic E-state index is 13.5. The van der Waals surface area contributed by atoms with Crippen molar-refractivity contribution in [3.05, 3.63) is 59.7 Å². The number of nitrogens with zero attached hydrogens (tertiary/aromatic N) is 1. The van der Waals surface area contributed by atoms with Crippen molar-refractivity contribution < 1.29 is 19.1 Å². The smallest absolute Gasteiger partial charge is 0.410 e. The van der Waals surface area contributed by atoms with Gasteiger partial charge in [-0.2, -0.15) is 0 Å². The maximum absolute atomic E-state index is 13.5. The number of hydrogen-bond donors (Lipinski definition) is 0. The number of rotatable bonds is 3. The lowest BCUT2D eigenvalue weighted by atomic mass is 9.85. The van der Waals surface area contributed by atoms with Gasteiger partial charge in [0.15, 0.2) is 0 Å². The lowest BCUT2D eigenvalue weighted by Crippen LogP contribution is -2.48. The second kappa shape index (κ2) is 8.51. The van der Waals surface area contributed by atoms with Crippen molar-refractivity contribution in [2.75, 3.05) is 6.61 Å². The minimum Gasteiger partial charge on any atom is -0.458 e. The van der Waals surface area contributed by atoms with E-state index in [0.717, 1.165) is 25.7 Å². The van der Waals surface area contributed by atoms with Gasteiger partial charge in [0.2, 0.25) is 0 Å². The summed E-state index contributed by atoms with van der Waals surface area (Å²) in [4.78, 5) is 28.2. The molecule has 1 aliphatic heterocycles. The molecule has 1 saturated heterocycles. The maximum Gasteiger partial charge on any atom is 0.410 e. The lowest BCUT2D eigenvalue weighted by molar-refractivity contribution is -0.160. The lowest BCUT2D eigenvalue weighted by Gasteiger charge is -2.33. The van der Waals surface area contributed by atoms with Crippen molar-refractivity contribution in [2.45, 2.75) is 76.5 Å². The first-order chi connectivity index (χ1) is 15.8. The van der Waals surface area contributed by atoms with Crippen LogP contribution in [0, 0.1) is 5.92 Å². The van der Waals surface area contributed by atoms with Crippen LogP contribution >= 0.6 is 0 Å². The van der Waals surface area contributed by atoms with E-state index in [9.17, 15) is 9.59 Å². The number of benzene rings is 2. The Balaban J connectivity index is 1.36. The minimum atomic E-state index is -0.586. The summed E-state index contributed by atoms with van der Waals surface area (Å²) in [5.74, 6) is 0.0354. The summed E-state index contributed by atoms with van der Waals surface area (Å²) in [5.41, 5.74) is 4.19. The summed E-state index contributed by atoms with van der Waals surface area (Å²) >= 11 is 0. The second-order valence-corrected chi connectivity index (χ2v) is 10.6. The van der Waals surface area contributed by atoms with Crippen LogP contribution in [0.2, 0.25) is 0 Å². The number of carbonyl (C=O) groups excluding carboxylic acids is 2. The summed E-state index contributed by atoms with van der Waals surface area (Å²) in [6.07, 6.45) is 4.49. The van der Waals surface area contributed by atoms with E-state index in [1.165, 1.54) is 22.3 Å². The van der Waals surface area contributed by atoms with Crippen molar-refractivity contribution in [3.63, 3.8) is 0 Å². The van der Waals surface area contributed by atoms with E-state index in [-0.39, 0.29) is 30.6 Å². The molecule has 1 heterocycles. The zero-order chi connectivity index (χ0) is 23.2. The summed E-state index contributed by atoms with van der Waals surface area (Å²) < 4.78 is 11.7. The van der Waals surface area contributed by atoms with Gasteiger partial charge in [-0.3, -0.25) is 4.90 Å². The summed E-state index contributed by atoms with van der Waals surface area (Å²) in [5, 5.41) is 0. The Morgan fingerprint density at radius 3 is 2.18 bits per heavy atom. The third-order valence-corrected chi connectivity index (χ3v) is 7.31. The molecule has 1 saturated carbocycles. The van der Waals surface area contributed by atoms with Crippen LogP contribution in [-0.4, -0.2) is 41.3 Å². The van der Waals surface area contributed by atoms with E-state index < -0.39 is 11.6 Å². The van der Waals surface area contributed by atoms with Gasteiger partial charge < -0.3 is 9.47 Å². The molecule has 0 aromatic heterocycles. The Hall–Kier alpha value is -2.82. The van der Waals surface area contributed by atoms with Crippen LogP contribution in [0.3, 0.4) is 0 Å². The number of amides is 1. The Morgan fingerprint density at radius 2 is 1.55 bits per heavy atom. The van der Waals surface area contributed by atoms with Gasteiger partial charge in [0, 0.05) is 12.0 Å². The summed E-state index contributed by atoms with van der Waals surface area (Å²) in [6.45, 7) is 5.86. The molecule has 174 valence electrons. The van der Waals surface area contributed by atoms with Gasteiger partial charge >= 0.3 is 12.1 Å². The second-order valence-electron chi connectivity index (χ2n) is 10.6. The minimum absolute atomic E-state index is 0.00563. The van der Waals surface area contributed by atoms with E-state index in [4.69, 9.17) is 9.47 Å². The number of esters is 1. The van der Waals surface area contributed by atoms with Crippen molar-refractivity contribution in [2.24, 2.45) is 5.92 Å². The fraction of sp³-hybridized carbons (Fsp3) is 0.500. The highest BCUT2D eigenvalue weighted by molar-refractivity contribution is 5.83. The largest absolute Gasteiger partial charge is 0.458 e. The number of carbonyl (C=O) groups is 2. The Kier molecular flexibility index (Phi) is 5.67. The number of ether oxygens (including phenoxy) is 2. The molecule has 33 heavy (non-hydrogen) atoms. The molecule has 5 heteroatoms. The standard InChI is InChI=1S/C28H33NO4/c1-28(2,3)33-26(30)25-16-18-10-4-9-15-24(18)29(25)27(31)32-17-23-21-13-7-5-11-19(21)20-12-6-8-14-22(20)23/h5-8,11-14,18,23-25H,4,9-10,15-17H2,1-3H3. The van der Waals surface area contributed by atoms with Gasteiger partial charge in [0.25, 0.3) is 0 Å². The first kappa shape index (κ1) is 22.0. The van der Waals surface area contributed by atoms with Crippen LogP contribution < -0.4 is 0 Å². The Labute approximate surface area is 196 Å². The van der Waals surface area contributed by atoms with Crippen molar-refractivity contribution in [3.8, 4) is 11.1 Å². The molecule has 2 fully saturated rings. The van der Waals surface area contributed by atoms with Gasteiger partial charge in [-0.05, 0) is 68.2 Å². The average Bonchev–Trinajstić information content (AvgIpc) is 3.33. The molecular formula is C28H33NO4. The van der Waals surface area contributed by atoms with Crippen LogP contribution in [0.15, 0.2) is 48.5 Å².